The molecule has 1 aromatic rings. The van der Waals surface area contributed by atoms with E-state index in [0.29, 0.717) is 0 Å². The second-order valence-electron chi connectivity index (χ2n) is 4.96. The van der Waals surface area contributed by atoms with E-state index in [0.717, 1.165) is 31.5 Å². The van der Waals surface area contributed by atoms with Gasteiger partial charge in [-0.1, -0.05) is 37.6 Å². The minimum absolute atomic E-state index is 0.0453. The van der Waals surface area contributed by atoms with Crippen molar-refractivity contribution in [2.75, 3.05) is 13.1 Å². The Morgan fingerprint density at radius 3 is 2.78 bits per heavy atom. The lowest BCUT2D eigenvalue weighted by atomic mass is 9.83. The molecule has 1 rings (SSSR count). The van der Waals surface area contributed by atoms with Gasteiger partial charge in [-0.25, -0.2) is 4.39 Å². The van der Waals surface area contributed by atoms with Crippen LogP contribution in [0.15, 0.2) is 30.9 Å². The van der Waals surface area contributed by atoms with E-state index in [1.54, 1.807) is 12.1 Å². The van der Waals surface area contributed by atoms with Crippen molar-refractivity contribution in [3.05, 3.63) is 47.3 Å². The summed E-state index contributed by atoms with van der Waals surface area (Å²) in [7, 11) is 0. The van der Waals surface area contributed by atoms with E-state index >= 15 is 0 Å². The highest BCUT2D eigenvalue weighted by molar-refractivity contribution is 6.30. The normalized spacial score (nSPS) is 14.2. The summed E-state index contributed by atoms with van der Waals surface area (Å²) in [6, 6.07) is 4.89. The minimum atomic E-state index is -0.371. The molecule has 0 bridgehead atoms. The maximum Gasteiger partial charge on any atom is 0.141 e. The van der Waals surface area contributed by atoms with Gasteiger partial charge < -0.3 is 5.32 Å². The van der Waals surface area contributed by atoms with Gasteiger partial charge in [0.15, 0.2) is 0 Å². The standard InChI is InChI=1S/C15H21ClFN/c1-4-8-18-11-15(3,5-2)10-12-6-7-14(17)13(16)9-12/h5-7,9,18H,2,4,8,10-11H2,1,3H3. The summed E-state index contributed by atoms with van der Waals surface area (Å²) in [5.41, 5.74) is 0.984. The molecule has 0 fully saturated rings. The average molecular weight is 270 g/mol. The summed E-state index contributed by atoms with van der Waals surface area (Å²) >= 11 is 5.80. The summed E-state index contributed by atoms with van der Waals surface area (Å²) in [5, 5.41) is 3.58. The van der Waals surface area contributed by atoms with Crippen molar-refractivity contribution in [2.24, 2.45) is 5.41 Å². The molecule has 18 heavy (non-hydrogen) atoms. The zero-order valence-electron chi connectivity index (χ0n) is 11.1. The van der Waals surface area contributed by atoms with Crippen molar-refractivity contribution >= 4 is 11.6 Å². The van der Waals surface area contributed by atoms with Gasteiger partial charge in [0.25, 0.3) is 0 Å². The Balaban J connectivity index is 2.71. The van der Waals surface area contributed by atoms with E-state index < -0.39 is 0 Å². The Morgan fingerprint density at radius 1 is 1.50 bits per heavy atom. The largest absolute Gasteiger partial charge is 0.316 e. The van der Waals surface area contributed by atoms with Crippen LogP contribution in [-0.2, 0) is 6.42 Å². The molecule has 0 aromatic heterocycles. The number of rotatable bonds is 7. The summed E-state index contributed by atoms with van der Waals surface area (Å²) in [6.07, 6.45) is 3.86. The summed E-state index contributed by atoms with van der Waals surface area (Å²) in [5.74, 6) is -0.371. The highest BCUT2D eigenvalue weighted by Crippen LogP contribution is 2.25. The fraction of sp³-hybridized carbons (Fsp3) is 0.467. The smallest absolute Gasteiger partial charge is 0.141 e. The summed E-state index contributed by atoms with van der Waals surface area (Å²) in [6.45, 7) is 10.0. The SMILES string of the molecule is C=CC(C)(CNCCC)Cc1ccc(F)c(Cl)c1. The molecule has 1 atom stereocenters. The molecule has 1 N–H and O–H groups in total. The van der Waals surface area contributed by atoms with Gasteiger partial charge in [0.05, 0.1) is 5.02 Å². The van der Waals surface area contributed by atoms with Crippen LogP contribution in [0, 0.1) is 11.2 Å². The van der Waals surface area contributed by atoms with Crippen LogP contribution in [0.1, 0.15) is 25.8 Å². The van der Waals surface area contributed by atoms with Crippen LogP contribution >= 0.6 is 11.6 Å². The predicted octanol–water partition coefficient (Wildman–Crippen LogP) is 4.21. The third-order valence-electron chi connectivity index (χ3n) is 3.04. The Morgan fingerprint density at radius 2 is 2.22 bits per heavy atom. The maximum atomic E-state index is 13.1. The second-order valence-corrected chi connectivity index (χ2v) is 5.37. The van der Waals surface area contributed by atoms with E-state index in [2.05, 4.69) is 25.7 Å². The molecule has 0 heterocycles. The van der Waals surface area contributed by atoms with Crippen LogP contribution in [0.5, 0.6) is 0 Å². The molecule has 0 saturated carbocycles. The van der Waals surface area contributed by atoms with Crippen molar-refractivity contribution in [1.29, 1.82) is 0 Å². The number of halogens is 2. The molecule has 1 nitrogen and oxygen atoms in total. The number of nitrogens with one attached hydrogen (secondary N) is 1. The molecule has 0 saturated heterocycles. The third-order valence-corrected chi connectivity index (χ3v) is 3.33. The molecule has 0 aliphatic carbocycles. The quantitative estimate of drug-likeness (QED) is 0.577. The molecule has 1 unspecified atom stereocenters. The van der Waals surface area contributed by atoms with Crippen LogP contribution in [0.25, 0.3) is 0 Å². The Kier molecular flexibility index (Phi) is 5.83. The lowest BCUT2D eigenvalue weighted by Gasteiger charge is -2.26. The number of hydrogen-bond acceptors (Lipinski definition) is 1. The maximum absolute atomic E-state index is 13.1. The minimum Gasteiger partial charge on any atom is -0.316 e. The van der Waals surface area contributed by atoms with Gasteiger partial charge in [-0.05, 0) is 37.1 Å². The Labute approximate surface area is 114 Å². The van der Waals surface area contributed by atoms with E-state index in [4.69, 9.17) is 11.6 Å². The van der Waals surface area contributed by atoms with Crippen molar-refractivity contribution in [3.8, 4) is 0 Å². The predicted molar refractivity (Wildman–Crippen MR) is 76.6 cm³/mol. The first-order valence-electron chi connectivity index (χ1n) is 6.29. The third kappa shape index (κ3) is 4.43. The number of benzene rings is 1. The van der Waals surface area contributed by atoms with Crippen LogP contribution in [-0.4, -0.2) is 13.1 Å². The van der Waals surface area contributed by atoms with Crippen LogP contribution < -0.4 is 5.32 Å². The molecule has 100 valence electrons. The topological polar surface area (TPSA) is 12.0 Å². The van der Waals surface area contributed by atoms with Crippen LogP contribution in [0.2, 0.25) is 5.02 Å². The zero-order valence-corrected chi connectivity index (χ0v) is 11.9. The van der Waals surface area contributed by atoms with Crippen LogP contribution in [0.3, 0.4) is 0 Å². The lowest BCUT2D eigenvalue weighted by molar-refractivity contribution is 0.391. The van der Waals surface area contributed by atoms with E-state index in [9.17, 15) is 4.39 Å². The molecular weight excluding hydrogens is 249 g/mol. The fourth-order valence-corrected chi connectivity index (χ4v) is 2.08. The lowest BCUT2D eigenvalue weighted by Crippen LogP contribution is -2.32. The molecule has 3 heteroatoms. The summed E-state index contributed by atoms with van der Waals surface area (Å²) < 4.78 is 13.1. The number of hydrogen-bond donors (Lipinski definition) is 1. The van der Waals surface area contributed by atoms with Gasteiger partial charge in [-0.2, -0.15) is 0 Å². The van der Waals surface area contributed by atoms with Gasteiger partial charge in [0, 0.05) is 12.0 Å². The Bertz CT molecular complexity index is 405. The molecule has 0 spiro atoms. The molecular formula is C15H21ClFN. The van der Waals surface area contributed by atoms with Crippen LogP contribution in [0.4, 0.5) is 4.39 Å². The van der Waals surface area contributed by atoms with E-state index in [1.807, 2.05) is 6.08 Å². The first-order chi connectivity index (χ1) is 8.50. The van der Waals surface area contributed by atoms with Gasteiger partial charge in [-0.15, -0.1) is 6.58 Å². The fourth-order valence-electron chi connectivity index (χ4n) is 1.87. The molecule has 0 aliphatic heterocycles. The van der Waals surface area contributed by atoms with Crippen molar-refractivity contribution in [1.82, 2.24) is 5.32 Å². The van der Waals surface area contributed by atoms with Gasteiger partial charge >= 0.3 is 0 Å². The molecule has 0 amide bonds. The van der Waals surface area contributed by atoms with Crippen molar-refractivity contribution < 1.29 is 4.39 Å². The monoisotopic (exact) mass is 269 g/mol. The highest BCUT2D eigenvalue weighted by Gasteiger charge is 2.20. The molecule has 0 aliphatic rings. The highest BCUT2D eigenvalue weighted by atomic mass is 35.5. The van der Waals surface area contributed by atoms with E-state index in [-0.39, 0.29) is 16.3 Å². The zero-order chi connectivity index (χ0) is 13.6. The second kappa shape index (κ2) is 6.91. The van der Waals surface area contributed by atoms with Crippen molar-refractivity contribution in [2.45, 2.75) is 26.7 Å². The Hall–Kier alpha value is -0.860. The van der Waals surface area contributed by atoms with Gasteiger partial charge in [-0.3, -0.25) is 0 Å². The molecule has 0 radical (unpaired) electrons. The van der Waals surface area contributed by atoms with E-state index in [1.165, 1.54) is 6.07 Å². The van der Waals surface area contributed by atoms with Gasteiger partial charge in [0.2, 0.25) is 0 Å². The first-order valence-corrected chi connectivity index (χ1v) is 6.67. The van der Waals surface area contributed by atoms with Crippen molar-refractivity contribution in [3.63, 3.8) is 0 Å². The molecule has 1 aromatic carbocycles. The summed E-state index contributed by atoms with van der Waals surface area (Å²) in [4.78, 5) is 0. The first kappa shape index (κ1) is 15.2. The average Bonchev–Trinajstić information content (AvgIpc) is 2.34. The van der Waals surface area contributed by atoms with Gasteiger partial charge in [0.1, 0.15) is 5.82 Å².